The van der Waals surface area contributed by atoms with Gasteiger partial charge in [-0.25, -0.2) is 4.98 Å². The van der Waals surface area contributed by atoms with Crippen LogP contribution in [0, 0.1) is 0 Å². The summed E-state index contributed by atoms with van der Waals surface area (Å²) in [4.78, 5) is 7.75. The van der Waals surface area contributed by atoms with Gasteiger partial charge >= 0.3 is 0 Å². The maximum Gasteiger partial charge on any atom is 0.224 e. The van der Waals surface area contributed by atoms with Crippen molar-refractivity contribution in [1.82, 2.24) is 9.97 Å². The summed E-state index contributed by atoms with van der Waals surface area (Å²) in [7, 11) is 1.55. The van der Waals surface area contributed by atoms with Crippen LogP contribution in [-0.4, -0.2) is 17.1 Å². The third kappa shape index (κ3) is 2.75. The van der Waals surface area contributed by atoms with Crippen LogP contribution in [0.5, 0.6) is 5.75 Å². The molecule has 3 N–H and O–H groups in total. The van der Waals surface area contributed by atoms with E-state index in [1.165, 1.54) is 6.20 Å². The van der Waals surface area contributed by atoms with Gasteiger partial charge in [0.25, 0.3) is 0 Å². The molecular weight excluding hydrogens is 275 g/mol. The molecule has 94 valence electrons. The summed E-state index contributed by atoms with van der Waals surface area (Å²) in [5.41, 5.74) is 6.85. The van der Waals surface area contributed by atoms with Gasteiger partial charge in [-0.05, 0) is 29.8 Å². The molecule has 0 bridgehead atoms. The molecule has 1 aromatic heterocycles. The van der Waals surface area contributed by atoms with Crippen molar-refractivity contribution in [3.05, 3.63) is 34.7 Å². The fourth-order valence-electron chi connectivity index (χ4n) is 1.35. The fraction of sp³-hybridized carbons (Fsp3) is 0.0909. The van der Waals surface area contributed by atoms with Crippen molar-refractivity contribution in [2.45, 2.75) is 0 Å². The van der Waals surface area contributed by atoms with Crippen LogP contribution in [0.4, 0.5) is 17.2 Å². The Labute approximate surface area is 114 Å². The van der Waals surface area contributed by atoms with Crippen molar-refractivity contribution >= 4 is 40.4 Å². The van der Waals surface area contributed by atoms with E-state index in [0.717, 1.165) is 5.69 Å². The summed E-state index contributed by atoms with van der Waals surface area (Å²) in [6.45, 7) is 0. The molecule has 18 heavy (non-hydrogen) atoms. The summed E-state index contributed by atoms with van der Waals surface area (Å²) in [6, 6.07) is 5.24. The Morgan fingerprint density at radius 3 is 2.78 bits per heavy atom. The van der Waals surface area contributed by atoms with Gasteiger partial charge in [0.15, 0.2) is 5.82 Å². The predicted molar refractivity (Wildman–Crippen MR) is 72.7 cm³/mol. The summed E-state index contributed by atoms with van der Waals surface area (Å²) in [5, 5.41) is 3.61. The van der Waals surface area contributed by atoms with E-state index < -0.39 is 0 Å². The van der Waals surface area contributed by atoms with Crippen LogP contribution in [0.15, 0.2) is 24.4 Å². The highest BCUT2D eigenvalue weighted by atomic mass is 35.5. The average molecular weight is 285 g/mol. The molecule has 1 aromatic carbocycles. The molecule has 0 saturated heterocycles. The van der Waals surface area contributed by atoms with Gasteiger partial charge in [-0.1, -0.05) is 11.6 Å². The maximum atomic E-state index is 6.01. The number of hydrogen-bond donors (Lipinski definition) is 2. The highest BCUT2D eigenvalue weighted by molar-refractivity contribution is 6.32. The first-order valence-corrected chi connectivity index (χ1v) is 5.74. The van der Waals surface area contributed by atoms with Gasteiger partial charge in [-0.15, -0.1) is 0 Å². The van der Waals surface area contributed by atoms with Crippen molar-refractivity contribution in [2.24, 2.45) is 0 Å². The van der Waals surface area contributed by atoms with E-state index in [-0.39, 0.29) is 5.28 Å². The van der Waals surface area contributed by atoms with E-state index in [0.29, 0.717) is 22.3 Å². The van der Waals surface area contributed by atoms with Crippen molar-refractivity contribution in [1.29, 1.82) is 0 Å². The molecule has 0 amide bonds. The summed E-state index contributed by atoms with van der Waals surface area (Å²) >= 11 is 11.7. The number of ether oxygens (including phenoxy) is 1. The maximum absolute atomic E-state index is 6.01. The van der Waals surface area contributed by atoms with Gasteiger partial charge in [-0.3, -0.25) is 0 Å². The number of benzene rings is 1. The van der Waals surface area contributed by atoms with Gasteiger partial charge in [0.05, 0.1) is 24.0 Å². The number of methoxy groups -OCH3 is 1. The highest BCUT2D eigenvalue weighted by Crippen LogP contribution is 2.29. The lowest BCUT2D eigenvalue weighted by molar-refractivity contribution is 0.415. The number of nitrogen functional groups attached to an aromatic ring is 1. The Hall–Kier alpha value is -1.72. The first-order valence-electron chi connectivity index (χ1n) is 4.98. The lowest BCUT2D eigenvalue weighted by Gasteiger charge is -2.09. The number of halogens is 2. The van der Waals surface area contributed by atoms with Crippen LogP contribution >= 0.6 is 23.2 Å². The van der Waals surface area contributed by atoms with Crippen LogP contribution in [0.25, 0.3) is 0 Å². The molecule has 0 aliphatic carbocycles. The Kier molecular flexibility index (Phi) is 3.74. The molecule has 0 aliphatic heterocycles. The standard InChI is InChI=1S/C11H10Cl2N4O/c1-18-9-3-2-6(4-7(9)12)16-10-8(14)5-15-11(13)17-10/h2-5H,14H2,1H3,(H,15,16,17). The molecule has 0 unspecified atom stereocenters. The van der Waals surface area contributed by atoms with E-state index in [9.17, 15) is 0 Å². The van der Waals surface area contributed by atoms with E-state index in [1.807, 2.05) is 0 Å². The molecular formula is C11H10Cl2N4O. The molecule has 0 fully saturated rings. The van der Waals surface area contributed by atoms with Crippen molar-refractivity contribution in [3.63, 3.8) is 0 Å². The summed E-state index contributed by atoms with van der Waals surface area (Å²) < 4.78 is 5.06. The van der Waals surface area contributed by atoms with Crippen LogP contribution in [0.1, 0.15) is 0 Å². The first kappa shape index (κ1) is 12.7. The Bertz CT molecular complexity index is 577. The quantitative estimate of drug-likeness (QED) is 0.848. The number of nitrogens with zero attached hydrogens (tertiary/aromatic N) is 2. The molecule has 2 rings (SSSR count). The minimum atomic E-state index is 0.117. The van der Waals surface area contributed by atoms with Gasteiger partial charge in [0, 0.05) is 5.69 Å². The molecule has 5 nitrogen and oxygen atoms in total. The summed E-state index contributed by atoms with van der Waals surface area (Å²) in [5.74, 6) is 1.02. The molecule has 0 radical (unpaired) electrons. The second-order valence-corrected chi connectivity index (χ2v) is 4.16. The lowest BCUT2D eigenvalue weighted by Crippen LogP contribution is -2.00. The average Bonchev–Trinajstić information content (AvgIpc) is 2.34. The van der Waals surface area contributed by atoms with E-state index in [4.69, 9.17) is 33.7 Å². The van der Waals surface area contributed by atoms with Crippen molar-refractivity contribution in [2.75, 3.05) is 18.2 Å². The molecule has 2 aromatic rings. The second-order valence-electron chi connectivity index (χ2n) is 3.42. The fourth-order valence-corrected chi connectivity index (χ4v) is 1.74. The minimum Gasteiger partial charge on any atom is -0.495 e. The van der Waals surface area contributed by atoms with Gasteiger partial charge in [0.2, 0.25) is 5.28 Å². The molecule has 1 heterocycles. The van der Waals surface area contributed by atoms with Gasteiger partial charge < -0.3 is 15.8 Å². The normalized spacial score (nSPS) is 10.2. The zero-order valence-electron chi connectivity index (χ0n) is 9.45. The van der Waals surface area contributed by atoms with Gasteiger partial charge in [0.1, 0.15) is 5.75 Å². The Balaban J connectivity index is 2.28. The zero-order valence-corrected chi connectivity index (χ0v) is 11.0. The topological polar surface area (TPSA) is 73.1 Å². The number of aromatic nitrogens is 2. The van der Waals surface area contributed by atoms with Crippen molar-refractivity contribution in [3.8, 4) is 5.75 Å². The van der Waals surface area contributed by atoms with E-state index in [1.54, 1.807) is 25.3 Å². The number of anilines is 3. The van der Waals surface area contributed by atoms with Crippen molar-refractivity contribution < 1.29 is 4.74 Å². The Morgan fingerprint density at radius 2 is 2.11 bits per heavy atom. The summed E-state index contributed by atoms with van der Waals surface area (Å²) in [6.07, 6.45) is 1.43. The van der Waals surface area contributed by atoms with Crippen LogP contribution in [0.2, 0.25) is 10.3 Å². The van der Waals surface area contributed by atoms with E-state index >= 15 is 0 Å². The first-order chi connectivity index (χ1) is 8.60. The van der Waals surface area contributed by atoms with Gasteiger partial charge in [-0.2, -0.15) is 4.98 Å². The number of nitrogens with two attached hydrogens (primary N) is 1. The third-order valence-corrected chi connectivity index (χ3v) is 2.68. The number of nitrogens with one attached hydrogen (secondary N) is 1. The Morgan fingerprint density at radius 1 is 1.33 bits per heavy atom. The second kappa shape index (κ2) is 5.29. The highest BCUT2D eigenvalue weighted by Gasteiger charge is 2.06. The molecule has 0 saturated carbocycles. The molecule has 7 heteroatoms. The minimum absolute atomic E-state index is 0.117. The van der Waals surface area contributed by atoms with Crippen LogP contribution in [0.3, 0.4) is 0 Å². The predicted octanol–water partition coefficient (Wildman–Crippen LogP) is 3.12. The largest absolute Gasteiger partial charge is 0.495 e. The SMILES string of the molecule is COc1ccc(Nc2nc(Cl)ncc2N)cc1Cl. The molecule has 0 aliphatic rings. The molecule has 0 atom stereocenters. The zero-order chi connectivity index (χ0) is 13.1. The third-order valence-electron chi connectivity index (χ3n) is 2.20. The van der Waals surface area contributed by atoms with Crippen LogP contribution < -0.4 is 15.8 Å². The molecule has 0 spiro atoms. The number of rotatable bonds is 3. The lowest BCUT2D eigenvalue weighted by atomic mass is 10.3. The monoisotopic (exact) mass is 284 g/mol. The number of hydrogen-bond acceptors (Lipinski definition) is 5. The van der Waals surface area contributed by atoms with Crippen LogP contribution in [-0.2, 0) is 0 Å². The smallest absolute Gasteiger partial charge is 0.224 e. The van der Waals surface area contributed by atoms with E-state index in [2.05, 4.69) is 15.3 Å².